The van der Waals surface area contributed by atoms with Crippen LogP contribution in [0.25, 0.3) is 0 Å². The molecular formula is C19H24FN. The average molecular weight is 285 g/mol. The number of hydrogen-bond acceptors (Lipinski definition) is 1. The quantitative estimate of drug-likeness (QED) is 0.841. The molecule has 0 bridgehead atoms. The fourth-order valence-corrected chi connectivity index (χ4v) is 2.47. The maximum absolute atomic E-state index is 13.6. The molecule has 0 aliphatic heterocycles. The van der Waals surface area contributed by atoms with Crippen molar-refractivity contribution in [1.82, 2.24) is 5.32 Å². The first kappa shape index (κ1) is 15.7. The van der Waals surface area contributed by atoms with E-state index in [9.17, 15) is 4.39 Å². The van der Waals surface area contributed by atoms with Gasteiger partial charge < -0.3 is 5.32 Å². The second-order valence-corrected chi connectivity index (χ2v) is 5.97. The summed E-state index contributed by atoms with van der Waals surface area (Å²) in [6.07, 6.45) is 0. The minimum absolute atomic E-state index is 0.126. The lowest BCUT2D eigenvalue weighted by Crippen LogP contribution is -2.19. The highest BCUT2D eigenvalue weighted by Gasteiger charge is 2.09. The molecule has 0 aromatic heterocycles. The fourth-order valence-electron chi connectivity index (χ4n) is 2.47. The smallest absolute Gasteiger partial charge is 0.126 e. The lowest BCUT2D eigenvalue weighted by atomic mass is 10.00. The van der Waals surface area contributed by atoms with Crippen molar-refractivity contribution in [2.24, 2.45) is 0 Å². The van der Waals surface area contributed by atoms with Crippen molar-refractivity contribution in [3.63, 3.8) is 0 Å². The lowest BCUT2D eigenvalue weighted by molar-refractivity contribution is 0.562. The summed E-state index contributed by atoms with van der Waals surface area (Å²) in [7, 11) is 0. The summed E-state index contributed by atoms with van der Waals surface area (Å²) in [5.74, 6) is -0.136. The summed E-state index contributed by atoms with van der Waals surface area (Å²) in [6, 6.07) is 10.0. The molecule has 2 aromatic carbocycles. The fraction of sp³-hybridized carbons (Fsp3) is 0.368. The first-order valence-corrected chi connectivity index (χ1v) is 7.44. The van der Waals surface area contributed by atoms with E-state index in [-0.39, 0.29) is 11.9 Å². The summed E-state index contributed by atoms with van der Waals surface area (Å²) in [5, 5.41) is 3.48. The van der Waals surface area contributed by atoms with Gasteiger partial charge in [-0.3, -0.25) is 0 Å². The third-order valence-corrected chi connectivity index (χ3v) is 4.25. The van der Waals surface area contributed by atoms with Crippen molar-refractivity contribution in [2.75, 3.05) is 0 Å². The number of benzene rings is 2. The maximum Gasteiger partial charge on any atom is 0.126 e. The molecule has 1 N–H and O–H groups in total. The topological polar surface area (TPSA) is 12.0 Å². The molecule has 0 aliphatic rings. The van der Waals surface area contributed by atoms with Crippen molar-refractivity contribution < 1.29 is 4.39 Å². The van der Waals surface area contributed by atoms with Gasteiger partial charge in [0.1, 0.15) is 5.82 Å². The van der Waals surface area contributed by atoms with Gasteiger partial charge in [0.2, 0.25) is 0 Å². The highest BCUT2D eigenvalue weighted by atomic mass is 19.1. The van der Waals surface area contributed by atoms with Crippen LogP contribution < -0.4 is 5.32 Å². The minimum atomic E-state index is -0.136. The van der Waals surface area contributed by atoms with Crippen molar-refractivity contribution in [3.8, 4) is 0 Å². The van der Waals surface area contributed by atoms with Gasteiger partial charge in [-0.15, -0.1) is 0 Å². The molecular weight excluding hydrogens is 261 g/mol. The van der Waals surface area contributed by atoms with E-state index in [2.05, 4.69) is 45.1 Å². The highest BCUT2D eigenvalue weighted by Crippen LogP contribution is 2.19. The van der Waals surface area contributed by atoms with Crippen LogP contribution in [0, 0.1) is 33.5 Å². The zero-order valence-electron chi connectivity index (χ0n) is 13.5. The Labute approximate surface area is 127 Å². The van der Waals surface area contributed by atoms with Crippen molar-refractivity contribution >= 4 is 0 Å². The Morgan fingerprint density at radius 3 is 2.24 bits per heavy atom. The minimum Gasteiger partial charge on any atom is -0.306 e. The number of nitrogens with one attached hydrogen (secondary N) is 1. The Morgan fingerprint density at radius 2 is 1.57 bits per heavy atom. The van der Waals surface area contributed by atoms with Crippen molar-refractivity contribution in [2.45, 2.75) is 47.2 Å². The van der Waals surface area contributed by atoms with E-state index in [0.717, 1.165) is 12.1 Å². The molecule has 2 rings (SSSR count). The predicted octanol–water partition coefficient (Wildman–Crippen LogP) is 4.91. The standard InChI is InChI=1S/C19H24FN/c1-12-6-7-17(10-19(12)20)16(5)21-11-18-9-14(3)13(2)8-15(18)4/h6-10,16,21H,11H2,1-5H3. The zero-order valence-corrected chi connectivity index (χ0v) is 13.5. The van der Waals surface area contributed by atoms with Crippen LogP contribution in [0.15, 0.2) is 30.3 Å². The van der Waals surface area contributed by atoms with Gasteiger partial charge in [-0.25, -0.2) is 4.39 Å². The molecule has 0 spiro atoms. The molecule has 0 aliphatic carbocycles. The van der Waals surface area contributed by atoms with Crippen LogP contribution in [0.1, 0.15) is 46.3 Å². The summed E-state index contributed by atoms with van der Waals surface area (Å²) < 4.78 is 13.6. The second kappa shape index (κ2) is 6.40. The number of rotatable bonds is 4. The maximum atomic E-state index is 13.6. The van der Waals surface area contributed by atoms with Gasteiger partial charge in [0, 0.05) is 12.6 Å². The van der Waals surface area contributed by atoms with E-state index in [1.165, 1.54) is 22.3 Å². The van der Waals surface area contributed by atoms with Gasteiger partial charge in [-0.05, 0) is 74.1 Å². The Balaban J connectivity index is 2.08. The first-order valence-electron chi connectivity index (χ1n) is 7.44. The van der Waals surface area contributed by atoms with Crippen LogP contribution in [0.4, 0.5) is 4.39 Å². The molecule has 21 heavy (non-hydrogen) atoms. The normalized spacial score (nSPS) is 12.5. The molecule has 0 saturated heterocycles. The number of aryl methyl sites for hydroxylation is 4. The summed E-state index contributed by atoms with van der Waals surface area (Å²) in [6.45, 7) is 11.1. The summed E-state index contributed by atoms with van der Waals surface area (Å²) in [4.78, 5) is 0. The molecule has 0 saturated carbocycles. The molecule has 1 atom stereocenters. The van der Waals surface area contributed by atoms with Crippen molar-refractivity contribution in [3.05, 3.63) is 69.5 Å². The van der Waals surface area contributed by atoms with Gasteiger partial charge in [0.05, 0.1) is 0 Å². The van der Waals surface area contributed by atoms with Gasteiger partial charge >= 0.3 is 0 Å². The van der Waals surface area contributed by atoms with Crippen LogP contribution in [0.5, 0.6) is 0 Å². The molecule has 2 heteroatoms. The summed E-state index contributed by atoms with van der Waals surface area (Å²) in [5.41, 5.74) is 6.91. The molecule has 0 fully saturated rings. The van der Waals surface area contributed by atoms with Crippen LogP contribution >= 0.6 is 0 Å². The monoisotopic (exact) mass is 285 g/mol. The Kier molecular flexibility index (Phi) is 4.79. The van der Waals surface area contributed by atoms with Gasteiger partial charge in [0.25, 0.3) is 0 Å². The van der Waals surface area contributed by atoms with Gasteiger partial charge in [-0.1, -0.05) is 24.3 Å². The van der Waals surface area contributed by atoms with Gasteiger partial charge in [0.15, 0.2) is 0 Å². The average Bonchev–Trinajstić information content (AvgIpc) is 2.44. The van der Waals surface area contributed by atoms with E-state index in [1.54, 1.807) is 13.0 Å². The van der Waals surface area contributed by atoms with Crippen LogP contribution in [-0.4, -0.2) is 0 Å². The van der Waals surface area contributed by atoms with E-state index in [1.807, 2.05) is 12.1 Å². The molecule has 2 aromatic rings. The molecule has 1 nitrogen and oxygen atoms in total. The molecule has 1 unspecified atom stereocenters. The molecule has 112 valence electrons. The lowest BCUT2D eigenvalue weighted by Gasteiger charge is -2.17. The third kappa shape index (κ3) is 3.70. The largest absolute Gasteiger partial charge is 0.306 e. The predicted molar refractivity (Wildman–Crippen MR) is 87.0 cm³/mol. The van der Waals surface area contributed by atoms with E-state index < -0.39 is 0 Å². The van der Waals surface area contributed by atoms with E-state index in [0.29, 0.717) is 5.56 Å². The van der Waals surface area contributed by atoms with Crippen LogP contribution in [0.3, 0.4) is 0 Å². The zero-order chi connectivity index (χ0) is 15.6. The Bertz CT molecular complexity index is 646. The summed E-state index contributed by atoms with van der Waals surface area (Å²) >= 11 is 0. The third-order valence-electron chi connectivity index (χ3n) is 4.25. The second-order valence-electron chi connectivity index (χ2n) is 5.97. The molecule has 0 heterocycles. The number of hydrogen-bond donors (Lipinski definition) is 1. The Hall–Kier alpha value is -1.67. The SMILES string of the molecule is Cc1cc(C)c(CNC(C)c2ccc(C)c(F)c2)cc1C. The number of halogens is 1. The van der Waals surface area contributed by atoms with Crippen LogP contribution in [-0.2, 0) is 6.54 Å². The van der Waals surface area contributed by atoms with E-state index >= 15 is 0 Å². The highest BCUT2D eigenvalue weighted by molar-refractivity contribution is 5.36. The van der Waals surface area contributed by atoms with Gasteiger partial charge in [-0.2, -0.15) is 0 Å². The van der Waals surface area contributed by atoms with E-state index in [4.69, 9.17) is 0 Å². The van der Waals surface area contributed by atoms with Crippen molar-refractivity contribution in [1.29, 1.82) is 0 Å². The first-order chi connectivity index (χ1) is 9.88. The van der Waals surface area contributed by atoms with Crippen LogP contribution in [0.2, 0.25) is 0 Å². The Morgan fingerprint density at radius 1 is 0.905 bits per heavy atom. The molecule has 0 radical (unpaired) electrons. The molecule has 0 amide bonds.